The third kappa shape index (κ3) is 9.14. The van der Waals surface area contributed by atoms with Crippen LogP contribution in [0.4, 0.5) is 26.0 Å². The summed E-state index contributed by atoms with van der Waals surface area (Å²) in [4.78, 5) is 51.5. The molecule has 0 radical (unpaired) electrons. The lowest BCUT2D eigenvalue weighted by atomic mass is 10.0. The first-order chi connectivity index (χ1) is 31.0. The predicted octanol–water partition coefficient (Wildman–Crippen LogP) is 5.60. The first-order valence-electron chi connectivity index (χ1n) is 22.8. The number of carbonyl (C=O) groups is 3. The van der Waals surface area contributed by atoms with E-state index in [1.807, 2.05) is 34.3 Å². The molecular weight excluding hydrogens is 827 g/mol. The lowest BCUT2D eigenvalue weighted by Gasteiger charge is -2.36. The molecule has 340 valence electrons. The molecule has 0 bridgehead atoms. The van der Waals surface area contributed by atoms with Gasteiger partial charge in [0.15, 0.2) is 17.3 Å². The second-order valence-electron chi connectivity index (χ2n) is 17.9. The van der Waals surface area contributed by atoms with Crippen molar-refractivity contribution in [2.45, 2.75) is 115 Å². The number of likely N-dealkylation sites (tertiary alicyclic amines) is 1. The number of unbranched alkanes of at least 4 members (excludes halogenated alkanes) is 4. The number of aromatic nitrogens is 8. The van der Waals surface area contributed by atoms with Gasteiger partial charge >= 0.3 is 0 Å². The van der Waals surface area contributed by atoms with E-state index in [4.69, 9.17) is 15.4 Å². The van der Waals surface area contributed by atoms with Crippen molar-refractivity contribution in [3.8, 4) is 22.6 Å². The number of hydrogen-bond donors (Lipinski definition) is 3. The number of nitrogens with zero attached hydrogens (tertiary/aromatic N) is 11. The summed E-state index contributed by atoms with van der Waals surface area (Å²) in [7, 11) is 0. The molecule has 1 aliphatic carbocycles. The minimum absolute atomic E-state index is 0.0319. The summed E-state index contributed by atoms with van der Waals surface area (Å²) >= 11 is 0. The van der Waals surface area contributed by atoms with Crippen LogP contribution in [0.1, 0.15) is 115 Å². The molecule has 1 atom stereocenters. The number of piperazine rings is 1. The normalized spacial score (nSPS) is 19.0. The number of rotatable bonds is 16. The molecule has 18 nitrogen and oxygen atoms in total. The molecule has 64 heavy (non-hydrogen) atoms. The number of anilines is 3. The van der Waals surface area contributed by atoms with Crippen LogP contribution in [0.25, 0.3) is 33.7 Å². The zero-order valence-electron chi connectivity index (χ0n) is 36.4. The minimum atomic E-state index is -0.719. The highest BCUT2D eigenvalue weighted by atomic mass is 19.1. The molecule has 1 aromatic carbocycles. The van der Waals surface area contributed by atoms with Gasteiger partial charge in [-0.15, -0.1) is 5.10 Å². The molecule has 1 unspecified atom stereocenters. The highest BCUT2D eigenvalue weighted by Crippen LogP contribution is 2.48. The van der Waals surface area contributed by atoms with Gasteiger partial charge in [-0.2, -0.15) is 5.10 Å². The second-order valence-corrected chi connectivity index (χ2v) is 17.9. The van der Waals surface area contributed by atoms with Crippen LogP contribution < -0.4 is 21.3 Å². The average molecular weight is 883 g/mol. The Morgan fingerprint density at radius 3 is 2.39 bits per heavy atom. The smallest absolute Gasteiger partial charge is 0.249 e. The summed E-state index contributed by atoms with van der Waals surface area (Å²) in [5.74, 6) is -0.651. The highest BCUT2D eigenvalue weighted by Gasteiger charge is 2.37. The molecule has 4 aromatic heterocycles. The van der Waals surface area contributed by atoms with Crippen molar-refractivity contribution in [1.82, 2.24) is 55.0 Å². The van der Waals surface area contributed by atoms with E-state index in [0.717, 1.165) is 75.7 Å². The zero-order chi connectivity index (χ0) is 44.5. The molecule has 1 saturated carbocycles. The number of piperidine rings is 2. The number of nitrogens with two attached hydrogens (primary N) is 1. The quantitative estimate of drug-likeness (QED) is 0.0814. The molecule has 4 fully saturated rings. The number of nitrogens with one attached hydrogen (secondary N) is 2. The van der Waals surface area contributed by atoms with Crippen LogP contribution in [0.15, 0.2) is 29.2 Å². The summed E-state index contributed by atoms with van der Waals surface area (Å²) in [6.45, 7) is 8.75. The molecule has 3 saturated heterocycles. The van der Waals surface area contributed by atoms with Gasteiger partial charge in [0.25, 0.3) is 0 Å². The monoisotopic (exact) mass is 882 g/mol. The van der Waals surface area contributed by atoms with Gasteiger partial charge in [0.1, 0.15) is 46.7 Å². The van der Waals surface area contributed by atoms with E-state index in [9.17, 15) is 14.4 Å². The fourth-order valence-corrected chi connectivity index (χ4v) is 9.29. The Bertz CT molecular complexity index is 2480. The first-order valence-corrected chi connectivity index (χ1v) is 22.8. The third-order valence-corrected chi connectivity index (χ3v) is 13.0. The molecule has 9 rings (SSSR count). The summed E-state index contributed by atoms with van der Waals surface area (Å²) in [6, 6.07) is 1.84. The maximum atomic E-state index is 15.1. The van der Waals surface area contributed by atoms with E-state index < -0.39 is 23.6 Å². The Labute approximate surface area is 369 Å². The number of imide groups is 1. The largest absolute Gasteiger partial charge is 0.383 e. The number of halogens is 2. The molecule has 3 amide bonds. The summed E-state index contributed by atoms with van der Waals surface area (Å²) in [5.41, 5.74) is 9.68. The van der Waals surface area contributed by atoms with Crippen molar-refractivity contribution in [2.75, 3.05) is 61.8 Å². The average Bonchev–Trinajstić information content (AvgIpc) is 3.64. The van der Waals surface area contributed by atoms with Gasteiger partial charge in [0.05, 0.1) is 23.2 Å². The van der Waals surface area contributed by atoms with E-state index >= 15 is 8.78 Å². The first kappa shape index (κ1) is 43.2. The van der Waals surface area contributed by atoms with Crippen LogP contribution >= 0.6 is 0 Å². The third-order valence-electron chi connectivity index (χ3n) is 13.0. The van der Waals surface area contributed by atoms with Crippen molar-refractivity contribution in [1.29, 1.82) is 0 Å². The number of nitrogen functional groups attached to an aromatic ring is 1. The number of hydrogen-bond acceptors (Lipinski definition) is 14. The van der Waals surface area contributed by atoms with Crippen molar-refractivity contribution in [2.24, 2.45) is 0 Å². The maximum Gasteiger partial charge on any atom is 0.249 e. The molecule has 20 heteroatoms. The Morgan fingerprint density at radius 2 is 1.67 bits per heavy atom. The Kier molecular flexibility index (Phi) is 12.5. The van der Waals surface area contributed by atoms with Gasteiger partial charge in [-0.1, -0.05) is 29.6 Å². The Hall–Kier alpha value is -6.05. The van der Waals surface area contributed by atoms with Crippen LogP contribution in [-0.2, 0) is 14.4 Å². The van der Waals surface area contributed by atoms with Crippen molar-refractivity contribution >= 4 is 45.9 Å². The Morgan fingerprint density at radius 1 is 0.938 bits per heavy atom. The number of carbonyl (C=O) groups excluding carboxylic acids is 3. The molecule has 4 aliphatic rings. The second kappa shape index (κ2) is 18.6. The van der Waals surface area contributed by atoms with E-state index in [-0.39, 0.29) is 54.0 Å². The van der Waals surface area contributed by atoms with Crippen LogP contribution in [0, 0.1) is 11.6 Å². The van der Waals surface area contributed by atoms with Gasteiger partial charge in [-0.3, -0.25) is 24.6 Å². The summed E-state index contributed by atoms with van der Waals surface area (Å²) in [5, 5.41) is 24.3. The van der Waals surface area contributed by atoms with E-state index in [1.165, 1.54) is 18.5 Å². The van der Waals surface area contributed by atoms with Gasteiger partial charge in [-0.05, 0) is 77.5 Å². The molecule has 3 aliphatic heterocycles. The fraction of sp³-hybridized carbons (Fsp3) is 0.568. The molecular formula is C44H56F2N14O4. The lowest BCUT2D eigenvalue weighted by Crippen LogP contribution is -2.47. The van der Waals surface area contributed by atoms with E-state index in [1.54, 1.807) is 4.90 Å². The van der Waals surface area contributed by atoms with Crippen molar-refractivity contribution in [3.63, 3.8) is 0 Å². The molecule has 4 N–H and O–H groups in total. The highest BCUT2D eigenvalue weighted by molar-refractivity contribution is 6.02. The van der Waals surface area contributed by atoms with E-state index in [0.29, 0.717) is 79.6 Å². The summed E-state index contributed by atoms with van der Waals surface area (Å²) < 4.78 is 40.0. The van der Waals surface area contributed by atoms with Crippen molar-refractivity contribution in [3.05, 3.63) is 42.1 Å². The predicted molar refractivity (Wildman–Crippen MR) is 234 cm³/mol. The number of benzene rings is 1. The van der Waals surface area contributed by atoms with Gasteiger partial charge in [0.2, 0.25) is 17.7 Å². The van der Waals surface area contributed by atoms with Gasteiger partial charge in [0, 0.05) is 69.8 Å². The zero-order valence-corrected chi connectivity index (χ0v) is 36.4. The number of amides is 3. The Balaban J connectivity index is 0.692. The maximum absolute atomic E-state index is 15.1. The van der Waals surface area contributed by atoms with Crippen LogP contribution in [0.3, 0.4) is 0 Å². The molecule has 7 heterocycles. The number of fused-ring (bicyclic) bond motifs is 1. The minimum Gasteiger partial charge on any atom is -0.383 e. The standard InChI is InChI=1S/C44H56F2N14O4/c1-26(2)60-43-37(42(47)48-25-49-43)38(53-60)39-36(41(64-54-39)27-9-10-27)33-24-59(55-52-33)29-13-16-57(17-14-29)35(62)8-6-4-3-5-7-15-56-18-20-58(21-19-56)40-30(45)22-28(23-31(40)46)50-32-11-12-34(61)51-44(32)63/h22-27,29,32,50H,3-21H2,1-2H3,(H2,47,48,49)(H,51,61,63). The van der Waals surface area contributed by atoms with Crippen LogP contribution in [-0.4, -0.2) is 119 Å². The summed E-state index contributed by atoms with van der Waals surface area (Å²) in [6.07, 6.45) is 13.0. The van der Waals surface area contributed by atoms with Gasteiger partial charge in [-0.25, -0.2) is 28.1 Å². The van der Waals surface area contributed by atoms with Crippen molar-refractivity contribution < 1.29 is 27.7 Å². The topological polar surface area (TPSA) is 211 Å². The molecule has 5 aromatic rings. The fourth-order valence-electron chi connectivity index (χ4n) is 9.29. The van der Waals surface area contributed by atoms with Crippen LogP contribution in [0.5, 0.6) is 0 Å². The van der Waals surface area contributed by atoms with E-state index in [2.05, 4.69) is 41.0 Å². The van der Waals surface area contributed by atoms with Crippen LogP contribution in [0.2, 0.25) is 0 Å². The lowest BCUT2D eigenvalue weighted by molar-refractivity contribution is -0.134. The molecule has 0 spiro atoms. The van der Waals surface area contributed by atoms with Gasteiger partial charge < -0.3 is 25.4 Å². The SMILES string of the molecule is CC(C)n1nc(-c2noc(C3CC3)c2-c2cn(C3CCN(C(=O)CCCCCCCN4CCN(c5c(F)cc(NC6CCC(=O)NC6=O)cc5F)CC4)CC3)nn2)c2c(N)ncnc21.